The van der Waals surface area contributed by atoms with Crippen LogP contribution < -0.4 is 4.74 Å². The molecule has 6 heteroatoms. The standard InChI is InChI=1S/C10H8ClF3O2/c11-5-7(15)3-6-4-8(16-10(13)14)1-2-9(6)12/h1-2,4,10H,3,5H2. The Hall–Kier alpha value is -1.23. The van der Waals surface area contributed by atoms with Crippen molar-refractivity contribution in [2.45, 2.75) is 13.0 Å². The lowest BCUT2D eigenvalue weighted by molar-refractivity contribution is -0.116. The monoisotopic (exact) mass is 252 g/mol. The molecule has 0 atom stereocenters. The number of hydrogen-bond donors (Lipinski definition) is 0. The van der Waals surface area contributed by atoms with E-state index in [-0.39, 0.29) is 23.6 Å². The van der Waals surface area contributed by atoms with Crippen LogP contribution in [0.25, 0.3) is 0 Å². The van der Waals surface area contributed by atoms with E-state index in [2.05, 4.69) is 4.74 Å². The zero-order valence-electron chi connectivity index (χ0n) is 8.05. The van der Waals surface area contributed by atoms with Crippen molar-refractivity contribution in [1.82, 2.24) is 0 Å². The number of hydrogen-bond acceptors (Lipinski definition) is 2. The number of ether oxygens (including phenoxy) is 1. The Morgan fingerprint density at radius 1 is 1.44 bits per heavy atom. The number of alkyl halides is 3. The summed E-state index contributed by atoms with van der Waals surface area (Å²) in [6.07, 6.45) is -0.240. The first-order chi connectivity index (χ1) is 7.52. The summed E-state index contributed by atoms with van der Waals surface area (Å²) in [7, 11) is 0. The van der Waals surface area contributed by atoms with Gasteiger partial charge in [0.1, 0.15) is 11.6 Å². The number of carbonyl (C=O) groups excluding carboxylic acids is 1. The molecule has 0 heterocycles. The molecule has 1 rings (SSSR count). The molecule has 1 aromatic rings. The van der Waals surface area contributed by atoms with Gasteiger partial charge >= 0.3 is 6.61 Å². The Bertz CT molecular complexity index is 382. The Kier molecular flexibility index (Phi) is 4.61. The van der Waals surface area contributed by atoms with Crippen molar-refractivity contribution in [1.29, 1.82) is 0 Å². The summed E-state index contributed by atoms with van der Waals surface area (Å²) in [6, 6.07) is 3.09. The largest absolute Gasteiger partial charge is 0.435 e. The summed E-state index contributed by atoms with van der Waals surface area (Å²) in [5, 5.41) is 0. The third kappa shape index (κ3) is 3.73. The minimum atomic E-state index is -2.98. The smallest absolute Gasteiger partial charge is 0.387 e. The van der Waals surface area contributed by atoms with Crippen LogP contribution >= 0.6 is 11.6 Å². The summed E-state index contributed by atoms with van der Waals surface area (Å²) in [5.41, 5.74) is -0.0104. The van der Waals surface area contributed by atoms with Crippen LogP contribution in [-0.4, -0.2) is 18.3 Å². The molecule has 88 valence electrons. The molecule has 16 heavy (non-hydrogen) atoms. The maximum Gasteiger partial charge on any atom is 0.387 e. The minimum Gasteiger partial charge on any atom is -0.435 e. The highest BCUT2D eigenvalue weighted by Gasteiger charge is 2.11. The topological polar surface area (TPSA) is 26.3 Å². The van der Waals surface area contributed by atoms with Crippen LogP contribution in [-0.2, 0) is 11.2 Å². The van der Waals surface area contributed by atoms with E-state index in [4.69, 9.17) is 11.6 Å². The molecular formula is C10H8ClF3O2. The fourth-order valence-electron chi connectivity index (χ4n) is 1.12. The van der Waals surface area contributed by atoms with E-state index in [1.165, 1.54) is 0 Å². The fourth-order valence-corrected chi connectivity index (χ4v) is 1.22. The highest BCUT2D eigenvalue weighted by Crippen LogP contribution is 2.19. The highest BCUT2D eigenvalue weighted by molar-refractivity contribution is 6.27. The molecule has 1 aromatic carbocycles. The van der Waals surface area contributed by atoms with Crippen molar-refractivity contribution >= 4 is 17.4 Å². The van der Waals surface area contributed by atoms with Gasteiger partial charge in [-0.25, -0.2) is 4.39 Å². The molecule has 0 saturated heterocycles. The lowest BCUT2D eigenvalue weighted by atomic mass is 10.1. The van der Waals surface area contributed by atoms with Gasteiger partial charge in [0.25, 0.3) is 0 Å². The average Bonchev–Trinajstić information content (AvgIpc) is 2.22. The SMILES string of the molecule is O=C(CCl)Cc1cc(OC(F)F)ccc1F. The quantitative estimate of drug-likeness (QED) is 0.753. The molecule has 0 radical (unpaired) electrons. The number of Topliss-reactive ketones (excluding diaryl/α,β-unsaturated/α-hetero) is 1. The molecule has 2 nitrogen and oxygen atoms in total. The number of ketones is 1. The third-order valence-corrected chi connectivity index (χ3v) is 2.08. The first-order valence-electron chi connectivity index (χ1n) is 4.34. The molecule has 0 aliphatic heterocycles. The Labute approximate surface area is 95.0 Å². The predicted molar refractivity (Wildman–Crippen MR) is 52.5 cm³/mol. The van der Waals surface area contributed by atoms with Gasteiger partial charge in [-0.15, -0.1) is 11.6 Å². The maximum atomic E-state index is 13.2. The van der Waals surface area contributed by atoms with Gasteiger partial charge in [0.2, 0.25) is 0 Å². The molecular weight excluding hydrogens is 245 g/mol. The van der Waals surface area contributed by atoms with E-state index in [0.717, 1.165) is 18.2 Å². The van der Waals surface area contributed by atoms with E-state index < -0.39 is 18.2 Å². The average molecular weight is 253 g/mol. The Morgan fingerprint density at radius 3 is 2.69 bits per heavy atom. The van der Waals surface area contributed by atoms with Crippen molar-refractivity contribution in [2.75, 3.05) is 5.88 Å². The van der Waals surface area contributed by atoms with Gasteiger partial charge in [0, 0.05) is 6.42 Å². The van der Waals surface area contributed by atoms with Gasteiger partial charge in [0.05, 0.1) is 5.88 Å². The summed E-state index contributed by atoms with van der Waals surface area (Å²) in [6.45, 7) is -2.98. The number of carbonyl (C=O) groups is 1. The molecule has 0 aliphatic rings. The highest BCUT2D eigenvalue weighted by atomic mass is 35.5. The number of benzene rings is 1. The Morgan fingerprint density at radius 2 is 2.12 bits per heavy atom. The van der Waals surface area contributed by atoms with E-state index in [9.17, 15) is 18.0 Å². The van der Waals surface area contributed by atoms with Gasteiger partial charge in [-0.3, -0.25) is 4.79 Å². The van der Waals surface area contributed by atoms with Crippen LogP contribution in [0.4, 0.5) is 13.2 Å². The molecule has 0 amide bonds. The first-order valence-corrected chi connectivity index (χ1v) is 4.87. The van der Waals surface area contributed by atoms with Gasteiger partial charge in [-0.2, -0.15) is 8.78 Å². The van der Waals surface area contributed by atoms with Crippen molar-refractivity contribution in [3.05, 3.63) is 29.6 Å². The van der Waals surface area contributed by atoms with Crippen LogP contribution in [0.1, 0.15) is 5.56 Å². The van der Waals surface area contributed by atoms with E-state index >= 15 is 0 Å². The number of rotatable bonds is 5. The van der Waals surface area contributed by atoms with E-state index in [0.29, 0.717) is 0 Å². The normalized spacial score (nSPS) is 10.6. The van der Waals surface area contributed by atoms with Crippen LogP contribution in [0.15, 0.2) is 18.2 Å². The minimum absolute atomic E-state index is 0.0104. The zero-order chi connectivity index (χ0) is 12.1. The van der Waals surface area contributed by atoms with Gasteiger partial charge in [-0.05, 0) is 23.8 Å². The number of halogens is 4. The van der Waals surface area contributed by atoms with E-state index in [1.807, 2.05) is 0 Å². The van der Waals surface area contributed by atoms with Gasteiger partial charge in [0.15, 0.2) is 5.78 Å². The summed E-state index contributed by atoms with van der Waals surface area (Å²) >= 11 is 5.26. The molecule has 0 unspecified atom stereocenters. The van der Waals surface area contributed by atoms with Crippen LogP contribution in [0, 0.1) is 5.82 Å². The second-order valence-corrected chi connectivity index (χ2v) is 3.25. The van der Waals surface area contributed by atoms with Crippen LogP contribution in [0.5, 0.6) is 5.75 Å². The Balaban J connectivity index is 2.86. The van der Waals surface area contributed by atoms with Gasteiger partial charge < -0.3 is 4.74 Å². The predicted octanol–water partition coefficient (Wildman–Crippen LogP) is 2.78. The van der Waals surface area contributed by atoms with Crippen molar-refractivity contribution in [3.8, 4) is 5.75 Å². The van der Waals surface area contributed by atoms with E-state index in [1.54, 1.807) is 0 Å². The summed E-state index contributed by atoms with van der Waals surface area (Å²) in [5.74, 6) is -1.48. The lowest BCUT2D eigenvalue weighted by Gasteiger charge is -2.07. The summed E-state index contributed by atoms with van der Waals surface area (Å²) in [4.78, 5) is 11.0. The molecule has 0 fully saturated rings. The second-order valence-electron chi connectivity index (χ2n) is 2.98. The second kappa shape index (κ2) is 5.75. The maximum absolute atomic E-state index is 13.2. The van der Waals surface area contributed by atoms with Crippen molar-refractivity contribution < 1.29 is 22.7 Å². The lowest BCUT2D eigenvalue weighted by Crippen LogP contribution is -2.07. The molecule has 0 saturated carbocycles. The van der Waals surface area contributed by atoms with Crippen LogP contribution in [0.2, 0.25) is 0 Å². The third-order valence-electron chi connectivity index (χ3n) is 1.78. The van der Waals surface area contributed by atoms with Crippen LogP contribution in [0.3, 0.4) is 0 Å². The van der Waals surface area contributed by atoms with Gasteiger partial charge in [-0.1, -0.05) is 0 Å². The molecule has 0 aliphatic carbocycles. The first kappa shape index (κ1) is 12.8. The van der Waals surface area contributed by atoms with Crippen molar-refractivity contribution in [3.63, 3.8) is 0 Å². The molecule has 0 spiro atoms. The molecule has 0 bridgehead atoms. The summed E-state index contributed by atoms with van der Waals surface area (Å²) < 4.78 is 41.0. The molecule has 0 N–H and O–H groups in total. The zero-order valence-corrected chi connectivity index (χ0v) is 8.81. The molecule has 0 aromatic heterocycles. The van der Waals surface area contributed by atoms with Crippen molar-refractivity contribution in [2.24, 2.45) is 0 Å². The fraction of sp³-hybridized carbons (Fsp3) is 0.300.